The van der Waals surface area contributed by atoms with E-state index >= 15 is 0 Å². The van der Waals surface area contributed by atoms with Crippen molar-refractivity contribution in [3.05, 3.63) is 60.4 Å². The van der Waals surface area contributed by atoms with E-state index in [1.54, 1.807) is 30.3 Å². The van der Waals surface area contributed by atoms with Crippen LogP contribution in [-0.2, 0) is 14.8 Å². The van der Waals surface area contributed by atoms with Crippen molar-refractivity contribution >= 4 is 33.6 Å². The van der Waals surface area contributed by atoms with Gasteiger partial charge in [0.05, 0.1) is 4.90 Å². The third-order valence-corrected chi connectivity index (χ3v) is 5.61. The van der Waals surface area contributed by atoms with E-state index in [9.17, 15) is 18.0 Å². The Kier molecular flexibility index (Phi) is 7.77. The van der Waals surface area contributed by atoms with Crippen LogP contribution in [0.5, 0.6) is 0 Å². The molecular formula is C17H20N4O4S2. The number of amides is 2. The van der Waals surface area contributed by atoms with Crippen molar-refractivity contribution < 1.29 is 18.0 Å². The molecule has 1 heterocycles. The molecule has 0 bridgehead atoms. The van der Waals surface area contributed by atoms with Crippen LogP contribution in [0.3, 0.4) is 0 Å². The number of hydrogen-bond acceptors (Lipinski definition) is 6. The van der Waals surface area contributed by atoms with Crippen molar-refractivity contribution in [2.75, 3.05) is 12.0 Å². The number of sulfonamides is 1. The molecule has 10 heteroatoms. The molecule has 0 aliphatic rings. The predicted octanol–water partition coefficient (Wildman–Crippen LogP) is 0.943. The number of benzene rings is 1. The Morgan fingerprint density at radius 1 is 1.07 bits per heavy atom. The minimum atomic E-state index is -3.87. The van der Waals surface area contributed by atoms with Crippen LogP contribution in [0, 0.1) is 0 Å². The smallest absolute Gasteiger partial charge is 0.271 e. The Bertz CT molecular complexity index is 861. The van der Waals surface area contributed by atoms with Gasteiger partial charge < -0.3 is 0 Å². The number of nitrogens with one attached hydrogen (secondary N) is 3. The zero-order valence-electron chi connectivity index (χ0n) is 14.6. The molecule has 2 amide bonds. The number of hydrogen-bond donors (Lipinski definition) is 3. The Labute approximate surface area is 162 Å². The number of pyridine rings is 1. The van der Waals surface area contributed by atoms with E-state index < -0.39 is 27.9 Å². The molecule has 3 N–H and O–H groups in total. The lowest BCUT2D eigenvalue weighted by Crippen LogP contribution is -2.52. The number of hydrazine groups is 1. The fraction of sp³-hybridized carbons (Fsp3) is 0.235. The molecule has 8 nitrogen and oxygen atoms in total. The quantitative estimate of drug-likeness (QED) is 0.560. The van der Waals surface area contributed by atoms with Crippen LogP contribution in [-0.4, -0.2) is 43.3 Å². The Balaban J connectivity index is 2.04. The van der Waals surface area contributed by atoms with Crippen LogP contribution in [0.2, 0.25) is 0 Å². The molecule has 2 rings (SSSR count). The summed E-state index contributed by atoms with van der Waals surface area (Å²) in [5, 5.41) is 0. The van der Waals surface area contributed by atoms with Gasteiger partial charge in [-0.15, -0.1) is 0 Å². The molecule has 0 spiro atoms. The Morgan fingerprint density at radius 2 is 1.78 bits per heavy atom. The summed E-state index contributed by atoms with van der Waals surface area (Å²) < 4.78 is 27.3. The number of carbonyl (C=O) groups excluding carboxylic acids is 2. The van der Waals surface area contributed by atoms with Gasteiger partial charge in [0.25, 0.3) is 11.8 Å². The number of carbonyl (C=O) groups is 2. The number of nitrogens with zero attached hydrogens (tertiary/aromatic N) is 1. The molecule has 0 unspecified atom stereocenters. The minimum Gasteiger partial charge on any atom is -0.271 e. The first-order chi connectivity index (χ1) is 12.9. The van der Waals surface area contributed by atoms with Crippen molar-refractivity contribution in [1.29, 1.82) is 0 Å². The summed E-state index contributed by atoms with van der Waals surface area (Å²) in [4.78, 5) is 28.3. The van der Waals surface area contributed by atoms with E-state index in [0.717, 1.165) is 0 Å². The lowest BCUT2D eigenvalue weighted by atomic mass is 10.2. The summed E-state index contributed by atoms with van der Waals surface area (Å²) in [6.45, 7) is 0. The van der Waals surface area contributed by atoms with E-state index in [-0.39, 0.29) is 17.0 Å². The number of aromatic nitrogens is 1. The van der Waals surface area contributed by atoms with E-state index in [2.05, 4.69) is 20.6 Å². The van der Waals surface area contributed by atoms with Crippen LogP contribution in [0.25, 0.3) is 0 Å². The van der Waals surface area contributed by atoms with Crippen molar-refractivity contribution in [1.82, 2.24) is 20.6 Å². The zero-order chi connectivity index (χ0) is 19.7. The SMILES string of the molecule is CSCC[C@H](NS(=O)(=O)c1ccccc1)C(=O)NNC(=O)c1ccccn1. The molecule has 1 aromatic carbocycles. The van der Waals surface area contributed by atoms with Gasteiger partial charge >= 0.3 is 0 Å². The fourth-order valence-electron chi connectivity index (χ4n) is 2.10. The summed E-state index contributed by atoms with van der Waals surface area (Å²) >= 11 is 1.48. The predicted molar refractivity (Wildman–Crippen MR) is 103 cm³/mol. The van der Waals surface area contributed by atoms with Gasteiger partial charge in [0.1, 0.15) is 11.7 Å². The summed E-state index contributed by atoms with van der Waals surface area (Å²) in [6.07, 6.45) is 3.56. The molecule has 1 aromatic heterocycles. The second-order valence-electron chi connectivity index (χ2n) is 5.43. The lowest BCUT2D eigenvalue weighted by molar-refractivity contribution is -0.123. The highest BCUT2D eigenvalue weighted by Crippen LogP contribution is 2.10. The summed E-state index contributed by atoms with van der Waals surface area (Å²) in [5.74, 6) is -0.699. The molecular weight excluding hydrogens is 388 g/mol. The zero-order valence-corrected chi connectivity index (χ0v) is 16.2. The van der Waals surface area contributed by atoms with Gasteiger partial charge in [-0.3, -0.25) is 25.4 Å². The number of rotatable bonds is 8. The van der Waals surface area contributed by atoms with Crippen LogP contribution in [0.1, 0.15) is 16.9 Å². The third kappa shape index (κ3) is 6.35. The normalized spacial score (nSPS) is 12.2. The molecule has 0 aliphatic heterocycles. The van der Waals surface area contributed by atoms with E-state index in [0.29, 0.717) is 5.75 Å². The van der Waals surface area contributed by atoms with Crippen LogP contribution in [0.15, 0.2) is 59.6 Å². The monoisotopic (exact) mass is 408 g/mol. The molecule has 27 heavy (non-hydrogen) atoms. The average Bonchev–Trinajstić information content (AvgIpc) is 2.70. The van der Waals surface area contributed by atoms with E-state index in [1.807, 2.05) is 6.26 Å². The van der Waals surface area contributed by atoms with Crippen LogP contribution in [0.4, 0.5) is 0 Å². The topological polar surface area (TPSA) is 117 Å². The van der Waals surface area contributed by atoms with E-state index in [4.69, 9.17) is 0 Å². The molecule has 0 radical (unpaired) electrons. The molecule has 0 aliphatic carbocycles. The van der Waals surface area contributed by atoms with Gasteiger partial charge in [-0.2, -0.15) is 16.5 Å². The van der Waals surface area contributed by atoms with Crippen molar-refractivity contribution in [3.8, 4) is 0 Å². The third-order valence-electron chi connectivity index (χ3n) is 3.47. The van der Waals surface area contributed by atoms with Crippen molar-refractivity contribution in [2.45, 2.75) is 17.4 Å². The summed E-state index contributed by atoms with van der Waals surface area (Å²) in [6, 6.07) is 11.5. The Morgan fingerprint density at radius 3 is 2.41 bits per heavy atom. The first-order valence-electron chi connectivity index (χ1n) is 8.01. The Hall–Kier alpha value is -2.43. The first-order valence-corrected chi connectivity index (χ1v) is 10.9. The highest BCUT2D eigenvalue weighted by molar-refractivity contribution is 7.98. The second-order valence-corrected chi connectivity index (χ2v) is 8.13. The number of thioether (sulfide) groups is 1. The molecule has 0 saturated carbocycles. The molecule has 144 valence electrons. The van der Waals surface area contributed by atoms with E-state index in [1.165, 1.54) is 36.2 Å². The van der Waals surface area contributed by atoms with Gasteiger partial charge in [-0.25, -0.2) is 8.42 Å². The second kappa shape index (κ2) is 10.0. The summed E-state index contributed by atoms with van der Waals surface area (Å²) in [7, 11) is -3.87. The highest BCUT2D eigenvalue weighted by atomic mass is 32.2. The summed E-state index contributed by atoms with van der Waals surface area (Å²) in [5.41, 5.74) is 4.62. The molecule has 1 atom stereocenters. The average molecular weight is 409 g/mol. The van der Waals surface area contributed by atoms with Crippen LogP contribution >= 0.6 is 11.8 Å². The maximum atomic E-state index is 12.5. The van der Waals surface area contributed by atoms with Gasteiger partial charge in [-0.1, -0.05) is 24.3 Å². The van der Waals surface area contributed by atoms with Gasteiger partial charge in [0.2, 0.25) is 10.0 Å². The fourth-order valence-corrected chi connectivity index (χ4v) is 3.82. The minimum absolute atomic E-state index is 0.0597. The first kappa shape index (κ1) is 20.9. The molecule has 2 aromatic rings. The molecule has 0 fully saturated rings. The maximum Gasteiger partial charge on any atom is 0.288 e. The maximum absolute atomic E-state index is 12.5. The molecule has 0 saturated heterocycles. The van der Waals surface area contributed by atoms with Crippen molar-refractivity contribution in [2.24, 2.45) is 0 Å². The highest BCUT2D eigenvalue weighted by Gasteiger charge is 2.25. The lowest BCUT2D eigenvalue weighted by Gasteiger charge is -2.18. The van der Waals surface area contributed by atoms with Crippen LogP contribution < -0.4 is 15.6 Å². The standard InChI is InChI=1S/C17H20N4O4S2/c1-26-12-10-15(21-27(24,25)13-7-3-2-4-8-13)17(23)20-19-16(22)14-9-5-6-11-18-14/h2-9,11,15,21H,10,12H2,1H3,(H,19,22)(H,20,23)/t15-/m0/s1. The van der Waals surface area contributed by atoms with Gasteiger partial charge in [0.15, 0.2) is 0 Å². The largest absolute Gasteiger partial charge is 0.288 e. The van der Waals surface area contributed by atoms with Gasteiger partial charge in [-0.05, 0) is 42.7 Å². The van der Waals surface area contributed by atoms with Crippen molar-refractivity contribution in [3.63, 3.8) is 0 Å². The van der Waals surface area contributed by atoms with Gasteiger partial charge in [0, 0.05) is 6.20 Å².